The molecule has 1 aromatic heterocycles. The molecule has 1 atom stereocenters. The van der Waals surface area contributed by atoms with Crippen LogP contribution in [0, 0.1) is 0 Å². The van der Waals surface area contributed by atoms with Gasteiger partial charge in [0.2, 0.25) is 5.91 Å². The number of carbonyl (C=O) groups excluding carboxylic acids is 2. The summed E-state index contributed by atoms with van der Waals surface area (Å²) in [5.74, 6) is 0.0167. The normalized spacial score (nSPS) is 18.2. The summed E-state index contributed by atoms with van der Waals surface area (Å²) in [6.07, 6.45) is 5.23. The first-order chi connectivity index (χ1) is 12.8. The van der Waals surface area contributed by atoms with E-state index in [1.54, 1.807) is 17.3 Å². The number of unbranched alkanes of at least 4 members (excludes halogenated alkanes) is 1. The molecule has 1 N–H and O–H groups in total. The highest BCUT2D eigenvalue weighted by molar-refractivity contribution is 5.78. The Kier molecular flexibility index (Phi) is 7.59. The van der Waals surface area contributed by atoms with Gasteiger partial charge in [-0.15, -0.1) is 0 Å². The first-order valence-electron chi connectivity index (χ1n) is 9.68. The molecule has 1 saturated heterocycles. The van der Waals surface area contributed by atoms with Gasteiger partial charge in [-0.2, -0.15) is 0 Å². The highest BCUT2D eigenvalue weighted by atomic mass is 16.6. The van der Waals surface area contributed by atoms with Crippen molar-refractivity contribution in [1.29, 1.82) is 0 Å². The number of nitrogens with one attached hydrogen (secondary N) is 1. The minimum atomic E-state index is -0.531. The molecule has 2 amide bonds. The molecule has 1 aliphatic rings. The molecule has 0 saturated carbocycles. The summed E-state index contributed by atoms with van der Waals surface area (Å²) in [7, 11) is 0. The van der Waals surface area contributed by atoms with Gasteiger partial charge in [0.05, 0.1) is 12.6 Å². The van der Waals surface area contributed by atoms with Crippen molar-refractivity contribution < 1.29 is 14.3 Å². The molecule has 2 rings (SSSR count). The van der Waals surface area contributed by atoms with E-state index in [-0.39, 0.29) is 18.0 Å². The quantitative estimate of drug-likeness (QED) is 0.773. The Hall–Kier alpha value is -2.15. The Morgan fingerprint density at radius 2 is 2.11 bits per heavy atom. The maximum atomic E-state index is 12.5. The van der Waals surface area contributed by atoms with Crippen molar-refractivity contribution in [3.05, 3.63) is 30.1 Å². The predicted molar refractivity (Wildman–Crippen MR) is 104 cm³/mol. The van der Waals surface area contributed by atoms with Crippen LogP contribution in [0.3, 0.4) is 0 Å². The van der Waals surface area contributed by atoms with Crippen LogP contribution in [0.5, 0.6) is 0 Å². The summed E-state index contributed by atoms with van der Waals surface area (Å²) in [5, 5.41) is 2.97. The van der Waals surface area contributed by atoms with E-state index in [1.807, 2.05) is 32.9 Å². The average molecular weight is 377 g/mol. The molecule has 1 aliphatic heterocycles. The summed E-state index contributed by atoms with van der Waals surface area (Å²) in [6, 6.07) is 3.77. The van der Waals surface area contributed by atoms with Gasteiger partial charge in [-0.3, -0.25) is 14.7 Å². The minimum absolute atomic E-state index is 0.0167. The van der Waals surface area contributed by atoms with Crippen LogP contribution in [0.1, 0.15) is 52.1 Å². The van der Waals surface area contributed by atoms with E-state index >= 15 is 0 Å². The third-order valence-electron chi connectivity index (χ3n) is 4.41. The summed E-state index contributed by atoms with van der Waals surface area (Å²) < 4.78 is 5.52. The van der Waals surface area contributed by atoms with Crippen LogP contribution in [0.25, 0.3) is 0 Å². The number of ether oxygens (including phenoxy) is 1. The molecule has 0 spiro atoms. The van der Waals surface area contributed by atoms with Crippen molar-refractivity contribution in [1.82, 2.24) is 20.1 Å². The molecule has 0 unspecified atom stereocenters. The van der Waals surface area contributed by atoms with Crippen molar-refractivity contribution in [3.8, 4) is 0 Å². The van der Waals surface area contributed by atoms with Crippen molar-refractivity contribution in [2.24, 2.45) is 0 Å². The molecule has 2 heterocycles. The number of rotatable bonds is 6. The van der Waals surface area contributed by atoms with Crippen LogP contribution in [0.4, 0.5) is 4.79 Å². The van der Waals surface area contributed by atoms with Gasteiger partial charge >= 0.3 is 6.09 Å². The lowest BCUT2D eigenvalue weighted by molar-refractivity contribution is -0.123. The number of nitrogens with zero attached hydrogens (tertiary/aromatic N) is 3. The molecule has 0 bridgehead atoms. The van der Waals surface area contributed by atoms with Crippen LogP contribution in [-0.4, -0.2) is 65.1 Å². The summed E-state index contributed by atoms with van der Waals surface area (Å²) in [6.45, 7) is 10.3. The fourth-order valence-corrected chi connectivity index (χ4v) is 3.04. The molecule has 27 heavy (non-hydrogen) atoms. The Morgan fingerprint density at radius 3 is 2.74 bits per heavy atom. The van der Waals surface area contributed by atoms with E-state index in [9.17, 15) is 9.59 Å². The molecule has 7 nitrogen and oxygen atoms in total. The zero-order chi connectivity index (χ0) is 19.9. The molecule has 0 aromatic carbocycles. The lowest BCUT2D eigenvalue weighted by Crippen LogP contribution is -2.53. The maximum absolute atomic E-state index is 12.5. The molecular formula is C20H32N4O3. The van der Waals surface area contributed by atoms with E-state index < -0.39 is 5.60 Å². The first kappa shape index (κ1) is 21.2. The molecule has 0 aliphatic carbocycles. The van der Waals surface area contributed by atoms with Gasteiger partial charge in [0.15, 0.2) is 0 Å². The van der Waals surface area contributed by atoms with E-state index in [1.165, 1.54) is 0 Å². The molecular weight excluding hydrogens is 344 g/mol. The van der Waals surface area contributed by atoms with Gasteiger partial charge < -0.3 is 15.0 Å². The molecule has 1 aromatic rings. The van der Waals surface area contributed by atoms with Crippen molar-refractivity contribution in [3.63, 3.8) is 0 Å². The van der Waals surface area contributed by atoms with Crippen molar-refractivity contribution in [2.75, 3.05) is 32.7 Å². The summed E-state index contributed by atoms with van der Waals surface area (Å²) in [4.78, 5) is 32.8. The zero-order valence-corrected chi connectivity index (χ0v) is 16.9. The lowest BCUT2D eigenvalue weighted by Gasteiger charge is -2.41. The number of amides is 2. The van der Waals surface area contributed by atoms with Gasteiger partial charge in [-0.1, -0.05) is 19.4 Å². The second-order valence-corrected chi connectivity index (χ2v) is 7.90. The van der Waals surface area contributed by atoms with Crippen LogP contribution in [-0.2, 0) is 9.53 Å². The number of hydrogen-bond donors (Lipinski definition) is 1. The third kappa shape index (κ3) is 6.82. The SMILES string of the molecule is CCCCNC(=O)CN1CCN(C(=O)OC(C)(C)C)C[C@H]1c1cccnc1. The third-order valence-corrected chi connectivity index (χ3v) is 4.41. The Labute approximate surface area is 162 Å². The summed E-state index contributed by atoms with van der Waals surface area (Å²) >= 11 is 0. The fourth-order valence-electron chi connectivity index (χ4n) is 3.04. The highest BCUT2D eigenvalue weighted by Crippen LogP contribution is 2.25. The number of pyridine rings is 1. The van der Waals surface area contributed by atoms with E-state index in [0.29, 0.717) is 32.7 Å². The number of piperazine rings is 1. The Bertz CT molecular complexity index is 615. The van der Waals surface area contributed by atoms with Gasteiger partial charge in [0.25, 0.3) is 0 Å². The monoisotopic (exact) mass is 376 g/mol. The number of hydrogen-bond acceptors (Lipinski definition) is 5. The largest absolute Gasteiger partial charge is 0.444 e. The second kappa shape index (κ2) is 9.69. The van der Waals surface area contributed by atoms with Crippen LogP contribution in [0.15, 0.2) is 24.5 Å². The minimum Gasteiger partial charge on any atom is -0.444 e. The van der Waals surface area contributed by atoms with E-state index in [4.69, 9.17) is 4.74 Å². The van der Waals surface area contributed by atoms with Crippen LogP contribution < -0.4 is 5.32 Å². The van der Waals surface area contributed by atoms with E-state index in [2.05, 4.69) is 22.1 Å². The first-order valence-corrected chi connectivity index (χ1v) is 9.68. The number of carbonyl (C=O) groups is 2. The second-order valence-electron chi connectivity index (χ2n) is 7.90. The molecule has 7 heteroatoms. The van der Waals surface area contributed by atoms with Gasteiger partial charge in [-0.25, -0.2) is 4.79 Å². The Balaban J connectivity index is 2.07. The fraction of sp³-hybridized carbons (Fsp3) is 0.650. The van der Waals surface area contributed by atoms with Gasteiger partial charge in [0.1, 0.15) is 5.60 Å². The number of aromatic nitrogens is 1. The van der Waals surface area contributed by atoms with Crippen molar-refractivity contribution >= 4 is 12.0 Å². The van der Waals surface area contributed by atoms with E-state index in [0.717, 1.165) is 18.4 Å². The lowest BCUT2D eigenvalue weighted by atomic mass is 10.0. The molecule has 150 valence electrons. The molecule has 0 radical (unpaired) electrons. The van der Waals surface area contributed by atoms with Crippen molar-refractivity contribution in [2.45, 2.75) is 52.2 Å². The highest BCUT2D eigenvalue weighted by Gasteiger charge is 2.33. The van der Waals surface area contributed by atoms with Crippen LogP contribution >= 0.6 is 0 Å². The zero-order valence-electron chi connectivity index (χ0n) is 16.9. The van der Waals surface area contributed by atoms with Gasteiger partial charge in [0, 0.05) is 38.6 Å². The Morgan fingerprint density at radius 1 is 1.33 bits per heavy atom. The average Bonchev–Trinajstić information content (AvgIpc) is 2.61. The maximum Gasteiger partial charge on any atom is 0.410 e. The van der Waals surface area contributed by atoms with Crippen LogP contribution in [0.2, 0.25) is 0 Å². The smallest absolute Gasteiger partial charge is 0.410 e. The molecule has 1 fully saturated rings. The standard InChI is InChI=1S/C20H32N4O3/c1-5-6-10-22-18(25)15-23-11-12-24(19(26)27-20(2,3)4)14-17(23)16-8-7-9-21-13-16/h7-9,13,17H,5-6,10-12,14-15H2,1-4H3,(H,22,25)/t17-/m0/s1. The van der Waals surface area contributed by atoms with Gasteiger partial charge in [-0.05, 0) is 38.8 Å². The predicted octanol–water partition coefficient (Wildman–Crippen LogP) is 2.59. The summed E-state index contributed by atoms with van der Waals surface area (Å²) in [5.41, 5.74) is 0.462. The topological polar surface area (TPSA) is 74.8 Å².